The molecule has 6 nitrogen and oxygen atoms in total. The molecule has 3 N–H and O–H groups in total. The van der Waals surface area contributed by atoms with Gasteiger partial charge < -0.3 is 20.5 Å². The number of esters is 1. The number of nitrogens with one attached hydrogen (secondary N) is 1. The van der Waals surface area contributed by atoms with Crippen molar-refractivity contribution in [2.75, 3.05) is 12.4 Å². The Hall–Kier alpha value is -2.13. The molecule has 0 spiro atoms. The van der Waals surface area contributed by atoms with Crippen LogP contribution in [0.3, 0.4) is 0 Å². The Kier molecular flexibility index (Phi) is 9.40. The third-order valence-electron chi connectivity index (χ3n) is 3.57. The second kappa shape index (κ2) is 11.0. The van der Waals surface area contributed by atoms with Crippen LogP contribution in [0.25, 0.3) is 0 Å². The van der Waals surface area contributed by atoms with E-state index in [0.29, 0.717) is 24.7 Å². The molecule has 2 aromatic carbocycles. The van der Waals surface area contributed by atoms with Gasteiger partial charge in [-0.05, 0) is 44.5 Å². The van der Waals surface area contributed by atoms with Gasteiger partial charge in [-0.2, -0.15) is 0 Å². The number of para-hydroxylation sites is 1. The SMILES string of the molecule is COCc1ccccc1NC(N)=NCc1cccc(C(=O)OC(C)(C)C)c1.I. The van der Waals surface area contributed by atoms with Crippen LogP contribution in [0.15, 0.2) is 53.5 Å². The van der Waals surface area contributed by atoms with Crippen molar-refractivity contribution in [1.82, 2.24) is 0 Å². The van der Waals surface area contributed by atoms with Crippen molar-refractivity contribution in [3.05, 3.63) is 65.2 Å². The summed E-state index contributed by atoms with van der Waals surface area (Å²) in [7, 11) is 1.64. The van der Waals surface area contributed by atoms with Crippen molar-refractivity contribution in [1.29, 1.82) is 0 Å². The number of nitrogens with zero attached hydrogens (tertiary/aromatic N) is 1. The predicted octanol–water partition coefficient (Wildman–Crippen LogP) is 4.33. The Morgan fingerprint density at radius 3 is 2.54 bits per heavy atom. The van der Waals surface area contributed by atoms with E-state index in [1.54, 1.807) is 19.2 Å². The Bertz CT molecular complexity index is 817. The van der Waals surface area contributed by atoms with Gasteiger partial charge in [0.2, 0.25) is 0 Å². The van der Waals surface area contributed by atoms with Gasteiger partial charge in [0.15, 0.2) is 5.96 Å². The molecule has 0 aliphatic carbocycles. The van der Waals surface area contributed by atoms with E-state index < -0.39 is 5.60 Å². The smallest absolute Gasteiger partial charge is 0.338 e. The lowest BCUT2D eigenvalue weighted by Gasteiger charge is -2.19. The maximum atomic E-state index is 12.2. The molecule has 28 heavy (non-hydrogen) atoms. The first-order valence-corrected chi connectivity index (χ1v) is 8.74. The molecule has 152 valence electrons. The molecule has 0 amide bonds. The average molecular weight is 497 g/mol. The molecule has 0 fully saturated rings. The van der Waals surface area contributed by atoms with Crippen LogP contribution in [0.1, 0.15) is 42.3 Å². The van der Waals surface area contributed by atoms with Crippen molar-refractivity contribution in [2.24, 2.45) is 10.7 Å². The lowest BCUT2D eigenvalue weighted by Crippen LogP contribution is -2.24. The van der Waals surface area contributed by atoms with E-state index in [1.807, 2.05) is 57.2 Å². The molecule has 0 bridgehead atoms. The molecule has 0 unspecified atom stereocenters. The largest absolute Gasteiger partial charge is 0.456 e. The highest BCUT2D eigenvalue weighted by Crippen LogP contribution is 2.16. The van der Waals surface area contributed by atoms with Crippen LogP contribution < -0.4 is 11.1 Å². The summed E-state index contributed by atoms with van der Waals surface area (Å²) in [6.07, 6.45) is 0. The molecular weight excluding hydrogens is 469 g/mol. The minimum atomic E-state index is -0.533. The minimum Gasteiger partial charge on any atom is -0.456 e. The van der Waals surface area contributed by atoms with E-state index >= 15 is 0 Å². The van der Waals surface area contributed by atoms with Crippen molar-refractivity contribution >= 4 is 41.6 Å². The van der Waals surface area contributed by atoms with Gasteiger partial charge in [-0.3, -0.25) is 0 Å². The number of carbonyl (C=O) groups excluding carboxylic acids is 1. The van der Waals surface area contributed by atoms with Gasteiger partial charge in [0.05, 0.1) is 18.7 Å². The van der Waals surface area contributed by atoms with Crippen LogP contribution in [0, 0.1) is 0 Å². The molecule has 2 aromatic rings. The van der Waals surface area contributed by atoms with Gasteiger partial charge in [-0.15, -0.1) is 24.0 Å². The van der Waals surface area contributed by atoms with E-state index in [4.69, 9.17) is 15.2 Å². The number of guanidine groups is 1. The van der Waals surface area contributed by atoms with Crippen molar-refractivity contribution < 1.29 is 14.3 Å². The lowest BCUT2D eigenvalue weighted by molar-refractivity contribution is 0.00694. The van der Waals surface area contributed by atoms with Crippen LogP contribution in [0.4, 0.5) is 5.69 Å². The van der Waals surface area contributed by atoms with Gasteiger partial charge in [0.25, 0.3) is 0 Å². The first-order chi connectivity index (χ1) is 12.8. The van der Waals surface area contributed by atoms with Crippen LogP contribution in [0.5, 0.6) is 0 Å². The Labute approximate surface area is 183 Å². The maximum Gasteiger partial charge on any atom is 0.338 e. The van der Waals surface area contributed by atoms with Gasteiger partial charge in [0, 0.05) is 18.4 Å². The molecule has 0 aliphatic heterocycles. The third kappa shape index (κ3) is 7.85. The molecule has 0 saturated carbocycles. The molecule has 0 heterocycles. The second-order valence-electron chi connectivity index (χ2n) is 7.12. The van der Waals surface area contributed by atoms with E-state index in [0.717, 1.165) is 16.8 Å². The maximum absolute atomic E-state index is 12.2. The number of rotatable bonds is 6. The first kappa shape index (κ1) is 23.9. The van der Waals surface area contributed by atoms with Crippen LogP contribution >= 0.6 is 24.0 Å². The molecule has 0 saturated heterocycles. The molecular formula is C21H28IN3O3. The Balaban J connectivity index is 0.00000392. The van der Waals surface area contributed by atoms with Crippen molar-refractivity contribution in [2.45, 2.75) is 39.5 Å². The lowest BCUT2D eigenvalue weighted by atomic mass is 10.1. The summed E-state index contributed by atoms with van der Waals surface area (Å²) in [6, 6.07) is 14.9. The monoisotopic (exact) mass is 497 g/mol. The summed E-state index contributed by atoms with van der Waals surface area (Å²) >= 11 is 0. The summed E-state index contributed by atoms with van der Waals surface area (Å²) in [6.45, 7) is 6.35. The number of benzene rings is 2. The number of ether oxygens (including phenoxy) is 2. The zero-order valence-corrected chi connectivity index (χ0v) is 19.0. The van der Waals surface area contributed by atoms with E-state index in [9.17, 15) is 4.79 Å². The van der Waals surface area contributed by atoms with Gasteiger partial charge >= 0.3 is 5.97 Å². The van der Waals surface area contributed by atoms with E-state index in [2.05, 4.69) is 10.3 Å². The number of hydrogen-bond donors (Lipinski definition) is 2. The zero-order valence-electron chi connectivity index (χ0n) is 16.7. The summed E-state index contributed by atoms with van der Waals surface area (Å²) in [5, 5.41) is 3.09. The number of aliphatic imine (C=N–C) groups is 1. The average Bonchev–Trinajstić information content (AvgIpc) is 2.61. The summed E-state index contributed by atoms with van der Waals surface area (Å²) < 4.78 is 10.6. The molecule has 0 radical (unpaired) electrons. The first-order valence-electron chi connectivity index (χ1n) is 8.74. The summed E-state index contributed by atoms with van der Waals surface area (Å²) in [5.41, 5.74) is 8.68. The fourth-order valence-electron chi connectivity index (χ4n) is 2.41. The topological polar surface area (TPSA) is 85.9 Å². The highest BCUT2D eigenvalue weighted by molar-refractivity contribution is 14.0. The normalized spacial score (nSPS) is 11.5. The Morgan fingerprint density at radius 2 is 1.86 bits per heavy atom. The number of carbonyl (C=O) groups is 1. The second-order valence-corrected chi connectivity index (χ2v) is 7.12. The number of hydrogen-bond acceptors (Lipinski definition) is 4. The summed E-state index contributed by atoms with van der Waals surface area (Å²) in [5.74, 6) is -0.0610. The number of nitrogens with two attached hydrogens (primary N) is 1. The molecule has 2 rings (SSSR count). The van der Waals surface area contributed by atoms with E-state index in [-0.39, 0.29) is 29.9 Å². The molecule has 0 atom stereocenters. The standard InChI is InChI=1S/C21H27N3O3.HI/c1-21(2,3)27-19(25)16-10-7-8-15(12-16)13-23-20(22)24-18-11-6-5-9-17(18)14-26-4;/h5-12H,13-14H2,1-4H3,(H3,22,23,24);1H. The molecule has 0 aromatic heterocycles. The van der Waals surface area contributed by atoms with Gasteiger partial charge in [-0.1, -0.05) is 30.3 Å². The van der Waals surface area contributed by atoms with Gasteiger partial charge in [0.1, 0.15) is 5.60 Å². The quantitative estimate of drug-likeness (QED) is 0.269. The van der Waals surface area contributed by atoms with E-state index in [1.165, 1.54) is 0 Å². The van der Waals surface area contributed by atoms with Crippen molar-refractivity contribution in [3.63, 3.8) is 0 Å². The van der Waals surface area contributed by atoms with Crippen LogP contribution in [0.2, 0.25) is 0 Å². The fourth-order valence-corrected chi connectivity index (χ4v) is 2.41. The molecule has 0 aliphatic rings. The zero-order chi connectivity index (χ0) is 19.9. The van der Waals surface area contributed by atoms with Gasteiger partial charge in [-0.25, -0.2) is 9.79 Å². The molecule has 7 heteroatoms. The predicted molar refractivity (Wildman–Crippen MR) is 123 cm³/mol. The minimum absolute atomic E-state index is 0. The third-order valence-corrected chi connectivity index (χ3v) is 3.57. The highest BCUT2D eigenvalue weighted by Gasteiger charge is 2.17. The number of methoxy groups -OCH3 is 1. The summed E-state index contributed by atoms with van der Waals surface area (Å²) in [4.78, 5) is 16.5. The highest BCUT2D eigenvalue weighted by atomic mass is 127. The van der Waals surface area contributed by atoms with Crippen LogP contribution in [-0.2, 0) is 22.6 Å². The number of anilines is 1. The van der Waals surface area contributed by atoms with Crippen LogP contribution in [-0.4, -0.2) is 24.6 Å². The fraction of sp³-hybridized carbons (Fsp3) is 0.333. The Morgan fingerprint density at radius 1 is 1.14 bits per heavy atom. The van der Waals surface area contributed by atoms with Crippen molar-refractivity contribution in [3.8, 4) is 0 Å². The number of halogens is 1.